The van der Waals surface area contributed by atoms with E-state index >= 15 is 0 Å². The quantitative estimate of drug-likeness (QED) is 0.800. The summed E-state index contributed by atoms with van der Waals surface area (Å²) in [6.07, 6.45) is 4.02. The highest BCUT2D eigenvalue weighted by Crippen LogP contribution is 2.53. The van der Waals surface area contributed by atoms with E-state index in [1.54, 1.807) is 12.4 Å². The number of fused-ring (bicyclic) bond motifs is 2. The smallest absolute Gasteiger partial charge is 0.338 e. The molecule has 23 heavy (non-hydrogen) atoms. The zero-order chi connectivity index (χ0) is 16.2. The summed E-state index contributed by atoms with van der Waals surface area (Å²) in [6, 6.07) is 5.53. The van der Waals surface area contributed by atoms with Crippen LogP contribution in [0.2, 0.25) is 0 Å². The molecule has 1 aromatic carbocycles. The monoisotopic (exact) mass is 314 g/mol. The fourth-order valence-electron chi connectivity index (χ4n) is 4.16. The van der Waals surface area contributed by atoms with Crippen LogP contribution in [-0.2, 0) is 16.5 Å². The molecule has 1 saturated heterocycles. The van der Waals surface area contributed by atoms with Gasteiger partial charge in [0.25, 0.3) is 0 Å². The minimum Gasteiger partial charge on any atom is -0.458 e. The average molecular weight is 314 g/mol. The SMILES string of the molecule is Cn1cnc2cc(C(=O)O[C@@H]3[C@H]4CCCO[C@H]4C3(C)C)ccc21. The van der Waals surface area contributed by atoms with Crippen LogP contribution in [0.15, 0.2) is 24.5 Å². The molecule has 1 aliphatic carbocycles. The molecule has 5 nitrogen and oxygen atoms in total. The first-order chi connectivity index (χ1) is 11.0. The van der Waals surface area contributed by atoms with Crippen molar-refractivity contribution in [2.45, 2.75) is 38.9 Å². The Morgan fingerprint density at radius 2 is 2.26 bits per heavy atom. The van der Waals surface area contributed by atoms with Crippen LogP contribution >= 0.6 is 0 Å². The third-order valence-corrected chi connectivity index (χ3v) is 5.42. The zero-order valence-electron chi connectivity index (χ0n) is 13.8. The molecule has 122 valence electrons. The Kier molecular flexibility index (Phi) is 3.23. The van der Waals surface area contributed by atoms with Crippen molar-refractivity contribution in [2.24, 2.45) is 18.4 Å². The van der Waals surface area contributed by atoms with Crippen LogP contribution in [0.3, 0.4) is 0 Å². The summed E-state index contributed by atoms with van der Waals surface area (Å²) >= 11 is 0. The van der Waals surface area contributed by atoms with Gasteiger partial charge in [-0.3, -0.25) is 0 Å². The summed E-state index contributed by atoms with van der Waals surface area (Å²) in [5, 5.41) is 0. The number of carbonyl (C=O) groups excluding carboxylic acids is 1. The first-order valence-corrected chi connectivity index (χ1v) is 8.22. The van der Waals surface area contributed by atoms with Gasteiger partial charge < -0.3 is 14.0 Å². The van der Waals surface area contributed by atoms with E-state index in [0.29, 0.717) is 11.5 Å². The molecule has 1 aliphatic heterocycles. The Balaban J connectivity index is 1.54. The molecule has 3 atom stereocenters. The first-order valence-electron chi connectivity index (χ1n) is 8.22. The Morgan fingerprint density at radius 3 is 3.09 bits per heavy atom. The normalized spacial score (nSPS) is 28.9. The van der Waals surface area contributed by atoms with E-state index in [0.717, 1.165) is 30.5 Å². The molecule has 5 heteroatoms. The summed E-state index contributed by atoms with van der Waals surface area (Å²) in [4.78, 5) is 16.9. The van der Waals surface area contributed by atoms with Gasteiger partial charge in [0.15, 0.2) is 0 Å². The van der Waals surface area contributed by atoms with Crippen LogP contribution in [0.1, 0.15) is 37.0 Å². The standard InChI is InChI=1S/C18H22N2O3/c1-18(2)15-12(5-4-8-22-15)16(18)23-17(21)11-6-7-14-13(9-11)19-10-20(14)3/h6-7,9-10,12,15-16H,4-5,8H2,1-3H3/t12-,15+,16+/m0/s1. The molecular weight excluding hydrogens is 292 g/mol. The van der Waals surface area contributed by atoms with E-state index in [2.05, 4.69) is 18.8 Å². The number of nitrogens with zero attached hydrogens (tertiary/aromatic N) is 2. The highest BCUT2D eigenvalue weighted by Gasteiger charge is 2.60. The van der Waals surface area contributed by atoms with E-state index in [4.69, 9.17) is 9.47 Å². The molecule has 0 spiro atoms. The summed E-state index contributed by atoms with van der Waals surface area (Å²) in [5.41, 5.74) is 2.27. The minimum atomic E-state index is -0.264. The summed E-state index contributed by atoms with van der Waals surface area (Å²) in [7, 11) is 1.94. The molecule has 2 aliphatic rings. The average Bonchev–Trinajstić information content (AvgIpc) is 2.93. The van der Waals surface area contributed by atoms with Crippen LogP contribution in [0.4, 0.5) is 0 Å². The maximum atomic E-state index is 12.6. The molecule has 0 amide bonds. The van der Waals surface area contributed by atoms with Crippen LogP contribution in [0.5, 0.6) is 0 Å². The lowest BCUT2D eigenvalue weighted by atomic mass is 9.57. The molecule has 2 fully saturated rings. The van der Waals surface area contributed by atoms with Crippen molar-refractivity contribution in [3.05, 3.63) is 30.1 Å². The second kappa shape index (κ2) is 5.06. The Morgan fingerprint density at radius 1 is 1.43 bits per heavy atom. The fraction of sp³-hybridized carbons (Fsp3) is 0.556. The number of carbonyl (C=O) groups is 1. The summed E-state index contributed by atoms with van der Waals surface area (Å²) in [6.45, 7) is 5.07. The summed E-state index contributed by atoms with van der Waals surface area (Å²) in [5.74, 6) is 0.0703. The topological polar surface area (TPSA) is 53.4 Å². The van der Waals surface area contributed by atoms with Gasteiger partial charge in [-0.2, -0.15) is 0 Å². The Labute approximate surface area is 135 Å². The van der Waals surface area contributed by atoms with Crippen molar-refractivity contribution in [1.82, 2.24) is 9.55 Å². The van der Waals surface area contributed by atoms with Gasteiger partial charge in [-0.25, -0.2) is 9.78 Å². The number of ether oxygens (including phenoxy) is 2. The van der Waals surface area contributed by atoms with Crippen molar-refractivity contribution in [3.8, 4) is 0 Å². The molecule has 0 radical (unpaired) electrons. The summed E-state index contributed by atoms with van der Waals surface area (Å²) < 4.78 is 13.7. The highest BCUT2D eigenvalue weighted by molar-refractivity contribution is 5.93. The lowest BCUT2D eigenvalue weighted by Crippen LogP contribution is -2.65. The highest BCUT2D eigenvalue weighted by atomic mass is 16.6. The zero-order valence-corrected chi connectivity index (χ0v) is 13.8. The van der Waals surface area contributed by atoms with Gasteiger partial charge in [-0.05, 0) is 31.0 Å². The molecule has 0 bridgehead atoms. The number of imidazole rings is 1. The lowest BCUT2D eigenvalue weighted by Gasteiger charge is -2.58. The maximum absolute atomic E-state index is 12.6. The largest absolute Gasteiger partial charge is 0.458 e. The van der Waals surface area contributed by atoms with Gasteiger partial charge in [-0.1, -0.05) is 13.8 Å². The molecule has 4 rings (SSSR count). The Hall–Kier alpha value is -1.88. The molecule has 0 N–H and O–H groups in total. The van der Waals surface area contributed by atoms with Gasteiger partial charge in [0.2, 0.25) is 0 Å². The van der Waals surface area contributed by atoms with Crippen molar-refractivity contribution in [3.63, 3.8) is 0 Å². The molecule has 1 aromatic heterocycles. The van der Waals surface area contributed by atoms with E-state index in [1.807, 2.05) is 23.7 Å². The third kappa shape index (κ3) is 2.17. The number of esters is 1. The molecule has 2 aromatic rings. The predicted molar refractivity (Wildman–Crippen MR) is 86.2 cm³/mol. The van der Waals surface area contributed by atoms with Crippen molar-refractivity contribution in [1.29, 1.82) is 0 Å². The minimum absolute atomic E-state index is 0.0697. The van der Waals surface area contributed by atoms with E-state index in [1.165, 1.54) is 0 Å². The molecule has 0 unspecified atom stereocenters. The first kappa shape index (κ1) is 14.7. The lowest BCUT2D eigenvalue weighted by molar-refractivity contribution is -0.243. The van der Waals surface area contributed by atoms with Gasteiger partial charge in [0.05, 0.1) is 29.0 Å². The number of aryl methyl sites for hydroxylation is 1. The van der Waals surface area contributed by atoms with Crippen LogP contribution in [-0.4, -0.2) is 34.3 Å². The van der Waals surface area contributed by atoms with Crippen LogP contribution in [0, 0.1) is 11.3 Å². The van der Waals surface area contributed by atoms with Crippen molar-refractivity contribution in [2.75, 3.05) is 6.61 Å². The van der Waals surface area contributed by atoms with E-state index in [-0.39, 0.29) is 23.6 Å². The molecule has 2 heterocycles. The maximum Gasteiger partial charge on any atom is 0.338 e. The van der Waals surface area contributed by atoms with Gasteiger partial charge >= 0.3 is 5.97 Å². The number of benzene rings is 1. The number of hydrogen-bond donors (Lipinski definition) is 0. The third-order valence-electron chi connectivity index (χ3n) is 5.42. The number of aromatic nitrogens is 2. The number of hydrogen-bond acceptors (Lipinski definition) is 4. The van der Waals surface area contributed by atoms with Gasteiger partial charge in [0, 0.05) is 25.0 Å². The van der Waals surface area contributed by atoms with Crippen molar-refractivity contribution < 1.29 is 14.3 Å². The van der Waals surface area contributed by atoms with Crippen LogP contribution < -0.4 is 0 Å². The second-order valence-corrected chi connectivity index (χ2v) is 7.30. The fourth-order valence-corrected chi connectivity index (χ4v) is 4.16. The van der Waals surface area contributed by atoms with E-state index < -0.39 is 0 Å². The molecular formula is C18H22N2O3. The number of rotatable bonds is 2. The molecule has 1 saturated carbocycles. The van der Waals surface area contributed by atoms with Crippen LogP contribution in [0.25, 0.3) is 11.0 Å². The van der Waals surface area contributed by atoms with E-state index in [9.17, 15) is 4.79 Å². The van der Waals surface area contributed by atoms with Crippen molar-refractivity contribution >= 4 is 17.0 Å². The van der Waals surface area contributed by atoms with Gasteiger partial charge in [0.1, 0.15) is 6.10 Å². The second-order valence-electron chi connectivity index (χ2n) is 7.30. The predicted octanol–water partition coefficient (Wildman–Crippen LogP) is 2.93. The van der Waals surface area contributed by atoms with Gasteiger partial charge in [-0.15, -0.1) is 0 Å². The Bertz CT molecular complexity index is 765.